The standard InChI is InChI=1S/C10H17F3N2O/c1-7(2)5-8-6-15(4-3-14-8)9(16)10(11,12)13/h7-8,14H,3-6H2,1-2H3. The van der Waals surface area contributed by atoms with Gasteiger partial charge in [0, 0.05) is 25.7 Å². The number of nitrogens with zero attached hydrogens (tertiary/aromatic N) is 1. The van der Waals surface area contributed by atoms with Crippen molar-refractivity contribution >= 4 is 5.91 Å². The lowest BCUT2D eigenvalue weighted by molar-refractivity contribution is -0.186. The molecular weight excluding hydrogens is 221 g/mol. The van der Waals surface area contributed by atoms with Crippen LogP contribution in [0.5, 0.6) is 0 Å². The fraction of sp³-hybridized carbons (Fsp3) is 0.900. The number of carbonyl (C=O) groups excluding carboxylic acids is 1. The van der Waals surface area contributed by atoms with Crippen LogP contribution in [0.1, 0.15) is 20.3 Å². The van der Waals surface area contributed by atoms with E-state index in [1.807, 2.05) is 13.8 Å². The molecule has 1 fully saturated rings. The molecule has 1 heterocycles. The average molecular weight is 238 g/mol. The van der Waals surface area contributed by atoms with Gasteiger partial charge in [0.15, 0.2) is 0 Å². The van der Waals surface area contributed by atoms with E-state index >= 15 is 0 Å². The van der Waals surface area contributed by atoms with Crippen molar-refractivity contribution < 1.29 is 18.0 Å². The second kappa shape index (κ2) is 5.03. The summed E-state index contributed by atoms with van der Waals surface area (Å²) >= 11 is 0. The first-order chi connectivity index (χ1) is 7.30. The first-order valence-electron chi connectivity index (χ1n) is 5.40. The van der Waals surface area contributed by atoms with Gasteiger partial charge in [-0.3, -0.25) is 4.79 Å². The van der Waals surface area contributed by atoms with Gasteiger partial charge in [-0.25, -0.2) is 0 Å². The molecule has 1 aliphatic rings. The largest absolute Gasteiger partial charge is 0.471 e. The monoisotopic (exact) mass is 238 g/mol. The molecule has 0 aliphatic carbocycles. The average Bonchev–Trinajstić information content (AvgIpc) is 2.14. The summed E-state index contributed by atoms with van der Waals surface area (Å²) < 4.78 is 36.6. The molecule has 1 rings (SSSR count). The van der Waals surface area contributed by atoms with Crippen LogP contribution in [0.4, 0.5) is 13.2 Å². The second-order valence-corrected chi connectivity index (χ2v) is 4.53. The Balaban J connectivity index is 2.54. The molecule has 0 aromatic carbocycles. The number of piperazine rings is 1. The van der Waals surface area contributed by atoms with Crippen LogP contribution < -0.4 is 5.32 Å². The summed E-state index contributed by atoms with van der Waals surface area (Å²) in [7, 11) is 0. The van der Waals surface area contributed by atoms with Gasteiger partial charge in [-0.15, -0.1) is 0 Å². The van der Waals surface area contributed by atoms with E-state index in [0.717, 1.165) is 11.3 Å². The fourth-order valence-electron chi connectivity index (χ4n) is 1.92. The van der Waals surface area contributed by atoms with E-state index in [1.54, 1.807) is 0 Å². The van der Waals surface area contributed by atoms with E-state index in [4.69, 9.17) is 0 Å². The molecular formula is C10H17F3N2O. The molecule has 6 heteroatoms. The molecule has 3 nitrogen and oxygen atoms in total. The number of halogens is 3. The molecule has 1 atom stereocenters. The van der Waals surface area contributed by atoms with Gasteiger partial charge < -0.3 is 10.2 Å². The number of carbonyl (C=O) groups is 1. The second-order valence-electron chi connectivity index (χ2n) is 4.53. The Kier molecular flexibility index (Phi) is 4.18. The van der Waals surface area contributed by atoms with Crippen LogP contribution in [0.2, 0.25) is 0 Å². The number of amides is 1. The topological polar surface area (TPSA) is 32.3 Å². The number of alkyl halides is 3. The Morgan fingerprint density at radius 1 is 1.50 bits per heavy atom. The Labute approximate surface area is 93.0 Å². The summed E-state index contributed by atoms with van der Waals surface area (Å²) in [6.07, 6.45) is -3.97. The third-order valence-corrected chi connectivity index (χ3v) is 2.54. The maximum absolute atomic E-state index is 12.2. The van der Waals surface area contributed by atoms with Gasteiger partial charge in [-0.05, 0) is 12.3 Å². The minimum Gasteiger partial charge on any atom is -0.332 e. The SMILES string of the molecule is CC(C)CC1CN(C(=O)C(F)(F)F)CCN1. The molecule has 1 amide bonds. The molecule has 1 aliphatic heterocycles. The quantitative estimate of drug-likeness (QED) is 0.788. The summed E-state index contributed by atoms with van der Waals surface area (Å²) in [4.78, 5) is 11.9. The Morgan fingerprint density at radius 3 is 2.62 bits per heavy atom. The number of hydrogen-bond acceptors (Lipinski definition) is 2. The van der Waals surface area contributed by atoms with Crippen molar-refractivity contribution in [2.45, 2.75) is 32.5 Å². The summed E-state index contributed by atoms with van der Waals surface area (Å²) in [6.45, 7) is 4.72. The zero-order valence-electron chi connectivity index (χ0n) is 9.47. The van der Waals surface area contributed by atoms with Gasteiger partial charge >= 0.3 is 12.1 Å². The highest BCUT2D eigenvalue weighted by Crippen LogP contribution is 2.20. The van der Waals surface area contributed by atoms with Crippen LogP contribution in [-0.2, 0) is 4.79 Å². The molecule has 0 radical (unpaired) electrons. The molecule has 0 bridgehead atoms. The van der Waals surface area contributed by atoms with Gasteiger partial charge in [0.2, 0.25) is 0 Å². The molecule has 16 heavy (non-hydrogen) atoms. The van der Waals surface area contributed by atoms with Crippen molar-refractivity contribution in [3.05, 3.63) is 0 Å². The van der Waals surface area contributed by atoms with Gasteiger partial charge in [0.05, 0.1) is 0 Å². The van der Waals surface area contributed by atoms with Crippen molar-refractivity contribution in [1.29, 1.82) is 0 Å². The van der Waals surface area contributed by atoms with Crippen molar-refractivity contribution in [3.8, 4) is 0 Å². The summed E-state index contributed by atoms with van der Waals surface area (Å²) in [5, 5.41) is 3.13. The molecule has 1 saturated heterocycles. The predicted molar refractivity (Wildman–Crippen MR) is 53.9 cm³/mol. The summed E-state index contributed by atoms with van der Waals surface area (Å²) in [5.41, 5.74) is 0. The van der Waals surface area contributed by atoms with Crippen LogP contribution in [0.15, 0.2) is 0 Å². The Hall–Kier alpha value is -0.780. The maximum Gasteiger partial charge on any atom is 0.471 e. The number of hydrogen-bond donors (Lipinski definition) is 1. The van der Waals surface area contributed by atoms with Crippen LogP contribution in [0, 0.1) is 5.92 Å². The Morgan fingerprint density at radius 2 is 2.12 bits per heavy atom. The van der Waals surface area contributed by atoms with E-state index in [2.05, 4.69) is 5.32 Å². The van der Waals surface area contributed by atoms with Crippen LogP contribution in [-0.4, -0.2) is 42.7 Å². The minimum absolute atomic E-state index is 0.0277. The van der Waals surface area contributed by atoms with E-state index in [1.165, 1.54) is 0 Å². The highest BCUT2D eigenvalue weighted by atomic mass is 19.4. The highest BCUT2D eigenvalue weighted by molar-refractivity contribution is 5.82. The van der Waals surface area contributed by atoms with E-state index in [-0.39, 0.29) is 19.1 Å². The third-order valence-electron chi connectivity index (χ3n) is 2.54. The van der Waals surface area contributed by atoms with Gasteiger partial charge in [-0.2, -0.15) is 13.2 Å². The first-order valence-corrected chi connectivity index (χ1v) is 5.40. The zero-order valence-corrected chi connectivity index (χ0v) is 9.47. The van der Waals surface area contributed by atoms with Gasteiger partial charge in [0.25, 0.3) is 0 Å². The van der Waals surface area contributed by atoms with Crippen molar-refractivity contribution in [2.24, 2.45) is 5.92 Å². The predicted octanol–water partition coefficient (Wildman–Crippen LogP) is 1.40. The fourth-order valence-corrected chi connectivity index (χ4v) is 1.92. The first kappa shape index (κ1) is 13.3. The van der Waals surface area contributed by atoms with Crippen LogP contribution in [0.3, 0.4) is 0 Å². The minimum atomic E-state index is -4.75. The molecule has 0 aromatic heterocycles. The smallest absolute Gasteiger partial charge is 0.332 e. The summed E-state index contributed by atoms with van der Waals surface area (Å²) in [6, 6.07) is -0.0277. The van der Waals surface area contributed by atoms with E-state index < -0.39 is 12.1 Å². The van der Waals surface area contributed by atoms with Gasteiger partial charge in [-0.1, -0.05) is 13.8 Å². The number of rotatable bonds is 2. The van der Waals surface area contributed by atoms with E-state index in [9.17, 15) is 18.0 Å². The lowest BCUT2D eigenvalue weighted by atomic mass is 10.0. The maximum atomic E-state index is 12.2. The lowest BCUT2D eigenvalue weighted by Gasteiger charge is -2.34. The van der Waals surface area contributed by atoms with Crippen LogP contribution >= 0.6 is 0 Å². The van der Waals surface area contributed by atoms with Crippen molar-refractivity contribution in [1.82, 2.24) is 10.2 Å². The molecule has 0 aromatic rings. The molecule has 1 unspecified atom stereocenters. The lowest BCUT2D eigenvalue weighted by Crippen LogP contribution is -2.55. The molecule has 0 spiro atoms. The van der Waals surface area contributed by atoms with E-state index in [0.29, 0.717) is 12.5 Å². The Bertz CT molecular complexity index is 253. The zero-order chi connectivity index (χ0) is 12.3. The van der Waals surface area contributed by atoms with Crippen molar-refractivity contribution in [3.63, 3.8) is 0 Å². The molecule has 94 valence electrons. The van der Waals surface area contributed by atoms with Crippen LogP contribution in [0.25, 0.3) is 0 Å². The number of nitrogens with one attached hydrogen (secondary N) is 1. The van der Waals surface area contributed by atoms with Crippen molar-refractivity contribution in [2.75, 3.05) is 19.6 Å². The molecule has 1 N–H and O–H groups in total. The normalized spacial score (nSPS) is 22.6. The van der Waals surface area contributed by atoms with Gasteiger partial charge in [0.1, 0.15) is 0 Å². The molecule has 0 saturated carbocycles. The summed E-state index contributed by atoms with van der Waals surface area (Å²) in [5.74, 6) is -1.32. The highest BCUT2D eigenvalue weighted by Gasteiger charge is 2.43. The third kappa shape index (κ3) is 3.66.